The van der Waals surface area contributed by atoms with E-state index in [1.807, 2.05) is 6.07 Å². The van der Waals surface area contributed by atoms with Crippen molar-refractivity contribution in [3.05, 3.63) is 46.5 Å². The zero-order valence-corrected chi connectivity index (χ0v) is 12.5. The lowest BCUT2D eigenvalue weighted by Crippen LogP contribution is -2.37. The molecule has 1 aromatic heterocycles. The number of carbonyl (C=O) groups is 3. The summed E-state index contributed by atoms with van der Waals surface area (Å²) >= 11 is 1.15. The number of ether oxygens (including phenoxy) is 1. The summed E-state index contributed by atoms with van der Waals surface area (Å²) in [5.41, 5.74) is 1.56. The molecule has 1 aliphatic heterocycles. The topological polar surface area (TPSA) is 85.4 Å². The average Bonchev–Trinajstić information content (AvgIpc) is 2.96. The molecule has 112 valence electrons. The maximum atomic E-state index is 12.2. The molecule has 7 heteroatoms. The van der Waals surface area contributed by atoms with Gasteiger partial charge in [0, 0.05) is 18.7 Å². The molecule has 1 aromatic carbocycles. The number of ketones is 1. The Morgan fingerprint density at radius 1 is 1.36 bits per heavy atom. The van der Waals surface area contributed by atoms with Gasteiger partial charge in [-0.2, -0.15) is 0 Å². The van der Waals surface area contributed by atoms with Gasteiger partial charge in [-0.3, -0.25) is 14.9 Å². The third kappa shape index (κ3) is 2.75. The Labute approximate surface area is 130 Å². The molecule has 0 bridgehead atoms. The number of hydrogen-bond acceptors (Lipinski definition) is 6. The highest BCUT2D eigenvalue weighted by Crippen LogP contribution is 2.22. The minimum Gasteiger partial charge on any atom is -0.448 e. The molecule has 0 radical (unpaired) electrons. The highest BCUT2D eigenvalue weighted by atomic mass is 32.1. The van der Waals surface area contributed by atoms with Crippen molar-refractivity contribution in [3.8, 4) is 0 Å². The van der Waals surface area contributed by atoms with E-state index >= 15 is 0 Å². The van der Waals surface area contributed by atoms with E-state index in [9.17, 15) is 14.4 Å². The number of carbonyl (C=O) groups excluding carboxylic acids is 3. The van der Waals surface area contributed by atoms with Crippen molar-refractivity contribution in [1.82, 2.24) is 4.98 Å². The summed E-state index contributed by atoms with van der Waals surface area (Å²) in [6.07, 6.45) is -0.578. The van der Waals surface area contributed by atoms with Gasteiger partial charge in [-0.15, -0.1) is 11.3 Å². The molecular weight excluding hydrogens is 304 g/mol. The molecular formula is C15H12N2O4S. The summed E-state index contributed by atoms with van der Waals surface area (Å²) in [6.45, 7) is 1.40. The van der Waals surface area contributed by atoms with Gasteiger partial charge in [-0.25, -0.2) is 9.78 Å². The van der Waals surface area contributed by atoms with Crippen molar-refractivity contribution in [2.75, 3.05) is 5.32 Å². The quantitative estimate of drug-likeness (QED) is 0.692. The van der Waals surface area contributed by atoms with Crippen molar-refractivity contribution in [2.45, 2.75) is 19.4 Å². The first-order chi connectivity index (χ1) is 10.5. The van der Waals surface area contributed by atoms with E-state index in [0.29, 0.717) is 22.8 Å². The largest absolute Gasteiger partial charge is 0.448 e. The van der Waals surface area contributed by atoms with Crippen LogP contribution in [0.3, 0.4) is 0 Å². The molecule has 0 saturated heterocycles. The molecule has 0 fully saturated rings. The molecule has 1 atom stereocenters. The Balaban J connectivity index is 1.73. The first-order valence-corrected chi connectivity index (χ1v) is 7.49. The maximum Gasteiger partial charge on any atom is 0.339 e. The number of amides is 1. The Bertz CT molecular complexity index is 768. The number of aromatic nitrogens is 1. The summed E-state index contributed by atoms with van der Waals surface area (Å²) in [5, 5.41) is 4.46. The number of thiazole rings is 1. The minimum atomic E-state index is -0.896. The van der Waals surface area contributed by atoms with Crippen LogP contribution in [0, 0.1) is 0 Å². The Kier molecular flexibility index (Phi) is 3.72. The highest BCUT2D eigenvalue weighted by Gasteiger charge is 2.31. The first kappa shape index (κ1) is 14.4. The van der Waals surface area contributed by atoms with Crippen LogP contribution in [0.1, 0.15) is 33.3 Å². The third-order valence-electron chi connectivity index (χ3n) is 3.28. The van der Waals surface area contributed by atoms with Gasteiger partial charge in [0.1, 0.15) is 5.69 Å². The van der Waals surface area contributed by atoms with Crippen LogP contribution in [-0.2, 0) is 16.0 Å². The molecule has 1 N–H and O–H groups in total. The standard InChI is InChI=1S/C15H12N2O4S/c1-8(18)11-7-22-15(16-11)17-13(19)12-6-9-4-2-3-5-10(9)14(20)21-12/h2-5,7,12H,6H2,1H3,(H,16,17,19). The number of Topliss-reactive ketones (excluding diaryl/α,β-unsaturated/α-hetero) is 1. The number of fused-ring (bicyclic) bond motifs is 1. The van der Waals surface area contributed by atoms with Crippen LogP contribution < -0.4 is 5.32 Å². The minimum absolute atomic E-state index is 0.172. The summed E-state index contributed by atoms with van der Waals surface area (Å²) < 4.78 is 5.16. The number of esters is 1. The lowest BCUT2D eigenvalue weighted by molar-refractivity contribution is -0.125. The van der Waals surface area contributed by atoms with Gasteiger partial charge in [-0.1, -0.05) is 18.2 Å². The van der Waals surface area contributed by atoms with Gasteiger partial charge in [0.15, 0.2) is 17.0 Å². The second kappa shape index (κ2) is 5.69. The molecule has 0 aliphatic carbocycles. The average molecular weight is 316 g/mol. The summed E-state index contributed by atoms with van der Waals surface area (Å²) in [4.78, 5) is 39.3. The molecule has 1 unspecified atom stereocenters. The molecule has 0 spiro atoms. The van der Waals surface area contributed by atoms with Crippen molar-refractivity contribution < 1.29 is 19.1 Å². The lowest BCUT2D eigenvalue weighted by Gasteiger charge is -2.23. The normalized spacial score (nSPS) is 16.6. The fraction of sp³-hybridized carbons (Fsp3) is 0.200. The highest BCUT2D eigenvalue weighted by molar-refractivity contribution is 7.14. The molecule has 2 heterocycles. The number of nitrogens with zero attached hydrogens (tertiary/aromatic N) is 1. The number of rotatable bonds is 3. The lowest BCUT2D eigenvalue weighted by atomic mass is 9.98. The van der Waals surface area contributed by atoms with Gasteiger partial charge < -0.3 is 4.74 Å². The zero-order valence-electron chi connectivity index (χ0n) is 11.7. The van der Waals surface area contributed by atoms with E-state index in [4.69, 9.17) is 4.74 Å². The predicted molar refractivity (Wildman–Crippen MR) is 80.1 cm³/mol. The number of anilines is 1. The van der Waals surface area contributed by atoms with E-state index < -0.39 is 18.0 Å². The van der Waals surface area contributed by atoms with Crippen LogP contribution in [0.15, 0.2) is 29.6 Å². The Hall–Kier alpha value is -2.54. The molecule has 22 heavy (non-hydrogen) atoms. The summed E-state index contributed by atoms with van der Waals surface area (Å²) in [7, 11) is 0. The van der Waals surface area contributed by atoms with Crippen LogP contribution in [0.25, 0.3) is 0 Å². The molecule has 1 amide bonds. The number of hydrogen-bond donors (Lipinski definition) is 1. The SMILES string of the molecule is CC(=O)c1csc(NC(=O)C2Cc3ccccc3C(=O)O2)n1. The molecule has 3 rings (SSSR count). The van der Waals surface area contributed by atoms with Gasteiger partial charge >= 0.3 is 5.97 Å². The maximum absolute atomic E-state index is 12.2. The summed E-state index contributed by atoms with van der Waals surface area (Å²) in [6, 6.07) is 7.03. The molecule has 1 aliphatic rings. The van der Waals surface area contributed by atoms with E-state index in [-0.39, 0.29) is 5.78 Å². The van der Waals surface area contributed by atoms with Gasteiger partial charge in [0.2, 0.25) is 0 Å². The zero-order chi connectivity index (χ0) is 15.7. The van der Waals surface area contributed by atoms with Crippen LogP contribution in [0.5, 0.6) is 0 Å². The molecule has 2 aromatic rings. The molecule has 6 nitrogen and oxygen atoms in total. The van der Waals surface area contributed by atoms with Crippen LogP contribution in [0.4, 0.5) is 5.13 Å². The smallest absolute Gasteiger partial charge is 0.339 e. The summed E-state index contributed by atoms with van der Waals surface area (Å²) in [5.74, 6) is -1.13. The predicted octanol–water partition coefficient (Wildman–Crippen LogP) is 2.07. The number of benzene rings is 1. The van der Waals surface area contributed by atoms with Gasteiger partial charge in [0.25, 0.3) is 5.91 Å². The van der Waals surface area contributed by atoms with Crippen molar-refractivity contribution in [2.24, 2.45) is 0 Å². The van der Waals surface area contributed by atoms with Gasteiger partial charge in [-0.05, 0) is 11.6 Å². The van der Waals surface area contributed by atoms with Crippen LogP contribution in [-0.4, -0.2) is 28.7 Å². The second-order valence-corrected chi connectivity index (χ2v) is 5.70. The van der Waals surface area contributed by atoms with E-state index in [1.54, 1.807) is 23.6 Å². The molecule has 0 saturated carbocycles. The van der Waals surface area contributed by atoms with Crippen molar-refractivity contribution in [3.63, 3.8) is 0 Å². The fourth-order valence-corrected chi connectivity index (χ4v) is 2.91. The van der Waals surface area contributed by atoms with Gasteiger partial charge in [0.05, 0.1) is 5.56 Å². The number of cyclic esters (lactones) is 1. The third-order valence-corrected chi connectivity index (χ3v) is 4.04. The van der Waals surface area contributed by atoms with Crippen LogP contribution in [0.2, 0.25) is 0 Å². The van der Waals surface area contributed by atoms with Crippen LogP contribution >= 0.6 is 11.3 Å². The van der Waals surface area contributed by atoms with E-state index in [2.05, 4.69) is 10.3 Å². The van der Waals surface area contributed by atoms with Crippen molar-refractivity contribution in [1.29, 1.82) is 0 Å². The first-order valence-electron chi connectivity index (χ1n) is 6.61. The Morgan fingerprint density at radius 3 is 2.86 bits per heavy atom. The van der Waals surface area contributed by atoms with E-state index in [1.165, 1.54) is 6.92 Å². The fourth-order valence-electron chi connectivity index (χ4n) is 2.16. The number of nitrogens with one attached hydrogen (secondary N) is 1. The second-order valence-electron chi connectivity index (χ2n) is 4.84. The van der Waals surface area contributed by atoms with Crippen molar-refractivity contribution >= 4 is 34.1 Å². The monoisotopic (exact) mass is 316 g/mol. The Morgan fingerprint density at radius 2 is 2.14 bits per heavy atom. The van der Waals surface area contributed by atoms with E-state index in [0.717, 1.165) is 16.9 Å².